The fourth-order valence-corrected chi connectivity index (χ4v) is 1.05. The van der Waals surface area contributed by atoms with Gasteiger partial charge >= 0.3 is 0 Å². The van der Waals surface area contributed by atoms with Crippen LogP contribution in [0.4, 0.5) is 4.79 Å². The number of terminal acetylenes is 1. The molecule has 1 atom stereocenters. The molecule has 0 heterocycles. The van der Waals surface area contributed by atoms with Crippen molar-refractivity contribution < 1.29 is 9.90 Å². The fraction of sp³-hybridized carbons (Fsp3) is 0.667. The van der Waals surface area contributed by atoms with Gasteiger partial charge in [0, 0.05) is 6.54 Å². The first-order chi connectivity index (χ1) is 5.51. The fourth-order valence-electron chi connectivity index (χ4n) is 1.05. The lowest BCUT2D eigenvalue weighted by Crippen LogP contribution is -2.53. The minimum Gasteiger partial charge on any atom is -0.530 e. The number of hydrogen-bond acceptors (Lipinski definition) is 2. The van der Waals surface area contributed by atoms with Gasteiger partial charge in [-0.25, -0.2) is 0 Å². The topological polar surface area (TPSA) is 43.4 Å². The first kappa shape index (κ1) is 10.8. The van der Waals surface area contributed by atoms with E-state index in [0.29, 0.717) is 13.0 Å². The van der Waals surface area contributed by atoms with Gasteiger partial charge in [0.1, 0.15) is 6.09 Å². The predicted molar refractivity (Wildman–Crippen MR) is 45.3 cm³/mol. The molecule has 0 N–H and O–H groups in total. The molecule has 3 nitrogen and oxygen atoms in total. The van der Waals surface area contributed by atoms with Crippen LogP contribution >= 0.6 is 0 Å². The summed E-state index contributed by atoms with van der Waals surface area (Å²) in [6, 6.07) is 0. The molecule has 0 aromatic heterocycles. The van der Waals surface area contributed by atoms with Gasteiger partial charge in [-0.15, -0.1) is 6.42 Å². The van der Waals surface area contributed by atoms with Gasteiger partial charge in [0.2, 0.25) is 0 Å². The molecule has 0 bridgehead atoms. The Morgan fingerprint density at radius 2 is 2.17 bits per heavy atom. The molecule has 1 unspecified atom stereocenters. The van der Waals surface area contributed by atoms with Crippen molar-refractivity contribution in [1.82, 2.24) is 4.90 Å². The van der Waals surface area contributed by atoms with Gasteiger partial charge in [-0.1, -0.05) is 12.8 Å². The van der Waals surface area contributed by atoms with Crippen LogP contribution in [0.5, 0.6) is 0 Å². The Morgan fingerprint density at radius 1 is 1.67 bits per heavy atom. The molecular formula is C9H14NO2-. The molecule has 0 aromatic rings. The van der Waals surface area contributed by atoms with Crippen molar-refractivity contribution in [3.63, 3.8) is 0 Å². The summed E-state index contributed by atoms with van der Waals surface area (Å²) in [4.78, 5) is 11.8. The first-order valence-electron chi connectivity index (χ1n) is 3.98. The molecule has 0 fully saturated rings. The smallest absolute Gasteiger partial charge is 0.138 e. The van der Waals surface area contributed by atoms with Gasteiger partial charge in [-0.05, 0) is 20.3 Å². The van der Waals surface area contributed by atoms with Crippen LogP contribution in [0, 0.1) is 12.3 Å². The molecule has 0 aliphatic carbocycles. The molecule has 0 saturated heterocycles. The monoisotopic (exact) mass is 168 g/mol. The normalized spacial score (nSPS) is 14.5. The molecule has 0 saturated carbocycles. The summed E-state index contributed by atoms with van der Waals surface area (Å²) in [5.41, 5.74) is -0.729. The molecule has 0 rings (SSSR count). The lowest BCUT2D eigenvalue weighted by atomic mass is 9.98. The van der Waals surface area contributed by atoms with E-state index in [9.17, 15) is 9.90 Å². The van der Waals surface area contributed by atoms with E-state index in [-0.39, 0.29) is 0 Å². The highest BCUT2D eigenvalue weighted by atomic mass is 16.4. The summed E-state index contributed by atoms with van der Waals surface area (Å²) in [7, 11) is 0. The second-order valence-electron chi connectivity index (χ2n) is 2.78. The van der Waals surface area contributed by atoms with Crippen LogP contribution in [0.2, 0.25) is 0 Å². The minimum absolute atomic E-state index is 0.358. The number of hydrogen-bond donors (Lipinski definition) is 0. The van der Waals surface area contributed by atoms with E-state index in [4.69, 9.17) is 6.42 Å². The SMILES string of the molecule is C#CC(C)(CC)N(CC)C(=O)[O-]. The van der Waals surface area contributed by atoms with E-state index < -0.39 is 11.6 Å². The summed E-state index contributed by atoms with van der Waals surface area (Å²) >= 11 is 0. The third kappa shape index (κ3) is 1.91. The average Bonchev–Trinajstić information content (AvgIpc) is 2.04. The lowest BCUT2D eigenvalue weighted by Gasteiger charge is -2.38. The summed E-state index contributed by atoms with van der Waals surface area (Å²) in [6.07, 6.45) is 4.63. The standard InChI is InChI=1S/C9H15NO2/c1-5-9(4,6-2)10(7-3)8(11)12/h1H,6-7H2,2-4H3,(H,11,12)/p-1. The highest BCUT2D eigenvalue weighted by Gasteiger charge is 2.26. The molecule has 0 radical (unpaired) electrons. The maximum atomic E-state index is 10.6. The molecule has 0 aromatic carbocycles. The molecule has 1 amide bonds. The van der Waals surface area contributed by atoms with Gasteiger partial charge in [0.25, 0.3) is 0 Å². The van der Waals surface area contributed by atoms with Crippen molar-refractivity contribution in [1.29, 1.82) is 0 Å². The van der Waals surface area contributed by atoms with Crippen LogP contribution in [0.15, 0.2) is 0 Å². The van der Waals surface area contributed by atoms with E-state index in [1.807, 2.05) is 6.92 Å². The second kappa shape index (κ2) is 4.01. The van der Waals surface area contributed by atoms with Crippen molar-refractivity contribution in [2.45, 2.75) is 32.7 Å². The number of rotatable bonds is 3. The molecule has 0 aliphatic heterocycles. The van der Waals surface area contributed by atoms with Crippen molar-refractivity contribution in [2.24, 2.45) is 0 Å². The maximum absolute atomic E-state index is 10.6. The third-order valence-corrected chi connectivity index (χ3v) is 2.13. The van der Waals surface area contributed by atoms with E-state index in [1.165, 1.54) is 0 Å². The van der Waals surface area contributed by atoms with Crippen LogP contribution in [-0.2, 0) is 0 Å². The third-order valence-electron chi connectivity index (χ3n) is 2.13. The Labute approximate surface area is 73.4 Å². The Balaban J connectivity index is 4.70. The largest absolute Gasteiger partial charge is 0.530 e. The number of carbonyl (C=O) groups is 1. The zero-order chi connectivity index (χ0) is 9.78. The number of carbonyl (C=O) groups excluding carboxylic acids is 1. The highest BCUT2D eigenvalue weighted by Crippen LogP contribution is 2.17. The van der Waals surface area contributed by atoms with Crippen LogP contribution in [0.3, 0.4) is 0 Å². The minimum atomic E-state index is -1.21. The van der Waals surface area contributed by atoms with Crippen molar-refractivity contribution in [3.8, 4) is 12.3 Å². The average molecular weight is 168 g/mol. The molecule has 0 spiro atoms. The molecule has 3 heteroatoms. The Bertz CT molecular complexity index is 207. The van der Waals surface area contributed by atoms with Crippen LogP contribution in [0.25, 0.3) is 0 Å². The Morgan fingerprint density at radius 3 is 2.25 bits per heavy atom. The molecule has 0 aliphatic rings. The lowest BCUT2D eigenvalue weighted by molar-refractivity contribution is -0.269. The highest BCUT2D eigenvalue weighted by molar-refractivity contribution is 5.64. The van der Waals surface area contributed by atoms with E-state index >= 15 is 0 Å². The summed E-state index contributed by atoms with van der Waals surface area (Å²) in [5.74, 6) is 2.47. The van der Waals surface area contributed by atoms with Gasteiger partial charge in [-0.2, -0.15) is 0 Å². The van der Waals surface area contributed by atoms with Crippen molar-refractivity contribution in [3.05, 3.63) is 0 Å². The zero-order valence-electron chi connectivity index (χ0n) is 7.76. The van der Waals surface area contributed by atoms with Crippen molar-refractivity contribution in [2.75, 3.05) is 6.54 Å². The van der Waals surface area contributed by atoms with Crippen LogP contribution in [-0.4, -0.2) is 23.1 Å². The van der Waals surface area contributed by atoms with Gasteiger partial charge in [0.15, 0.2) is 0 Å². The van der Waals surface area contributed by atoms with E-state index in [1.54, 1.807) is 13.8 Å². The Hall–Kier alpha value is -1.17. The number of amides is 1. The second-order valence-corrected chi connectivity index (χ2v) is 2.78. The zero-order valence-corrected chi connectivity index (χ0v) is 7.76. The molecular weight excluding hydrogens is 154 g/mol. The van der Waals surface area contributed by atoms with Crippen LogP contribution < -0.4 is 5.11 Å². The first-order valence-corrected chi connectivity index (χ1v) is 3.98. The summed E-state index contributed by atoms with van der Waals surface area (Å²) in [5, 5.41) is 10.6. The van der Waals surface area contributed by atoms with Crippen LogP contribution in [0.1, 0.15) is 27.2 Å². The van der Waals surface area contributed by atoms with Gasteiger partial charge in [0.05, 0.1) is 5.54 Å². The predicted octanol–water partition coefficient (Wildman–Crippen LogP) is 0.454. The van der Waals surface area contributed by atoms with Gasteiger partial charge in [-0.3, -0.25) is 0 Å². The van der Waals surface area contributed by atoms with Crippen molar-refractivity contribution >= 4 is 6.09 Å². The maximum Gasteiger partial charge on any atom is 0.138 e. The number of nitrogens with zero attached hydrogens (tertiary/aromatic N) is 1. The number of carboxylic acid groups (broad SMARTS) is 1. The van der Waals surface area contributed by atoms with Gasteiger partial charge < -0.3 is 14.8 Å². The van der Waals surface area contributed by atoms with E-state index in [2.05, 4.69) is 5.92 Å². The summed E-state index contributed by atoms with van der Waals surface area (Å²) in [6.45, 7) is 5.66. The quantitative estimate of drug-likeness (QED) is 0.574. The molecule has 12 heavy (non-hydrogen) atoms. The molecule has 68 valence electrons. The Kier molecular flexibility index (Phi) is 3.62. The van der Waals surface area contributed by atoms with E-state index in [0.717, 1.165) is 4.90 Å². The summed E-state index contributed by atoms with van der Waals surface area (Å²) < 4.78 is 0.